The SMILES string of the molecule is OCc1c(F)cc2sccc2c1CBr. The Labute approximate surface area is 93.3 Å². The molecule has 0 aliphatic carbocycles. The predicted molar refractivity (Wildman–Crippen MR) is 60.3 cm³/mol. The molecule has 1 nitrogen and oxygen atoms in total. The van der Waals surface area contributed by atoms with Crippen molar-refractivity contribution >= 4 is 37.4 Å². The third kappa shape index (κ3) is 1.47. The van der Waals surface area contributed by atoms with Gasteiger partial charge in [-0.25, -0.2) is 4.39 Å². The molecule has 14 heavy (non-hydrogen) atoms. The highest BCUT2D eigenvalue weighted by molar-refractivity contribution is 9.08. The van der Waals surface area contributed by atoms with E-state index in [1.54, 1.807) is 0 Å². The number of rotatable bonds is 2. The van der Waals surface area contributed by atoms with E-state index < -0.39 is 0 Å². The Morgan fingerprint density at radius 3 is 2.86 bits per heavy atom. The Morgan fingerprint density at radius 1 is 1.43 bits per heavy atom. The van der Waals surface area contributed by atoms with Gasteiger partial charge in [0.2, 0.25) is 0 Å². The zero-order valence-electron chi connectivity index (χ0n) is 7.26. The molecule has 0 unspecified atom stereocenters. The molecule has 1 heterocycles. The van der Waals surface area contributed by atoms with Gasteiger partial charge in [0.25, 0.3) is 0 Å². The molecule has 0 fully saturated rings. The lowest BCUT2D eigenvalue weighted by atomic mass is 10.1. The molecule has 1 aromatic heterocycles. The van der Waals surface area contributed by atoms with Gasteiger partial charge in [-0.1, -0.05) is 15.9 Å². The topological polar surface area (TPSA) is 20.2 Å². The summed E-state index contributed by atoms with van der Waals surface area (Å²) in [6, 6.07) is 3.44. The molecule has 0 saturated carbocycles. The molecule has 0 saturated heterocycles. The molecule has 1 aromatic carbocycles. The maximum Gasteiger partial charge on any atom is 0.130 e. The van der Waals surface area contributed by atoms with Gasteiger partial charge >= 0.3 is 0 Å². The number of aliphatic hydroxyl groups excluding tert-OH is 1. The molecule has 0 atom stereocenters. The summed E-state index contributed by atoms with van der Waals surface area (Å²) in [5.41, 5.74) is 1.25. The Hall–Kier alpha value is -0.450. The van der Waals surface area contributed by atoms with Gasteiger partial charge in [-0.05, 0) is 28.5 Å². The quantitative estimate of drug-likeness (QED) is 0.832. The molecule has 0 amide bonds. The molecule has 2 aromatic rings. The first-order chi connectivity index (χ1) is 6.77. The summed E-state index contributed by atoms with van der Waals surface area (Å²) in [6.07, 6.45) is 0. The predicted octanol–water partition coefficient (Wildman–Crippen LogP) is 3.43. The van der Waals surface area contributed by atoms with Crippen LogP contribution in [0.25, 0.3) is 10.1 Å². The van der Waals surface area contributed by atoms with Gasteiger partial charge in [0, 0.05) is 15.6 Å². The van der Waals surface area contributed by atoms with E-state index in [4.69, 9.17) is 5.11 Å². The van der Waals surface area contributed by atoms with Crippen molar-refractivity contribution < 1.29 is 9.50 Å². The number of hydrogen-bond acceptors (Lipinski definition) is 2. The highest BCUT2D eigenvalue weighted by Crippen LogP contribution is 2.30. The van der Waals surface area contributed by atoms with Crippen molar-refractivity contribution in [1.29, 1.82) is 0 Å². The number of alkyl halides is 1. The lowest BCUT2D eigenvalue weighted by Gasteiger charge is -2.07. The van der Waals surface area contributed by atoms with E-state index in [0.29, 0.717) is 10.9 Å². The van der Waals surface area contributed by atoms with E-state index in [1.165, 1.54) is 17.4 Å². The minimum absolute atomic E-state index is 0.251. The molecule has 0 bridgehead atoms. The van der Waals surface area contributed by atoms with E-state index in [-0.39, 0.29) is 12.4 Å². The Morgan fingerprint density at radius 2 is 2.21 bits per heavy atom. The highest BCUT2D eigenvalue weighted by Gasteiger charge is 2.12. The molecule has 2 rings (SSSR count). The summed E-state index contributed by atoms with van der Waals surface area (Å²) >= 11 is 4.82. The second-order valence-electron chi connectivity index (χ2n) is 2.94. The molecule has 0 spiro atoms. The van der Waals surface area contributed by atoms with Crippen LogP contribution in [0.5, 0.6) is 0 Å². The van der Waals surface area contributed by atoms with Gasteiger partial charge in [-0.3, -0.25) is 0 Å². The highest BCUT2D eigenvalue weighted by atomic mass is 79.9. The second-order valence-corrected chi connectivity index (χ2v) is 4.45. The summed E-state index contributed by atoms with van der Waals surface area (Å²) in [4.78, 5) is 0. The van der Waals surface area contributed by atoms with Gasteiger partial charge in [0.05, 0.1) is 6.61 Å². The minimum atomic E-state index is -0.322. The largest absolute Gasteiger partial charge is 0.392 e. The standard InChI is InChI=1S/C10H8BrFOS/c11-4-7-6-1-2-14-10(6)3-9(12)8(7)5-13/h1-3,13H,4-5H2. The first kappa shape index (κ1) is 10.1. The fourth-order valence-electron chi connectivity index (χ4n) is 1.51. The summed E-state index contributed by atoms with van der Waals surface area (Å²) in [6.45, 7) is -0.251. The lowest BCUT2D eigenvalue weighted by molar-refractivity contribution is 0.275. The lowest BCUT2D eigenvalue weighted by Crippen LogP contribution is -1.96. The number of aliphatic hydroxyl groups is 1. The van der Waals surface area contributed by atoms with Crippen LogP contribution in [0, 0.1) is 5.82 Å². The first-order valence-corrected chi connectivity index (χ1v) is 6.12. The van der Waals surface area contributed by atoms with Crippen LogP contribution in [-0.4, -0.2) is 5.11 Å². The van der Waals surface area contributed by atoms with Crippen LogP contribution in [0.4, 0.5) is 4.39 Å². The number of thiophene rings is 1. The van der Waals surface area contributed by atoms with Crippen LogP contribution in [0.1, 0.15) is 11.1 Å². The second kappa shape index (κ2) is 3.96. The molecule has 1 N–H and O–H groups in total. The molecular weight excluding hydrogens is 267 g/mol. The third-order valence-electron chi connectivity index (χ3n) is 2.22. The van der Waals surface area contributed by atoms with Crippen LogP contribution in [-0.2, 0) is 11.9 Å². The van der Waals surface area contributed by atoms with Crippen molar-refractivity contribution in [3.05, 3.63) is 34.5 Å². The molecule has 0 aliphatic heterocycles. The van der Waals surface area contributed by atoms with E-state index in [9.17, 15) is 4.39 Å². The molecule has 0 radical (unpaired) electrons. The van der Waals surface area contributed by atoms with Gasteiger partial charge in [0.15, 0.2) is 0 Å². The Balaban J connectivity index is 2.82. The summed E-state index contributed by atoms with van der Waals surface area (Å²) in [7, 11) is 0. The van der Waals surface area contributed by atoms with Crippen molar-refractivity contribution in [1.82, 2.24) is 0 Å². The van der Waals surface area contributed by atoms with Gasteiger partial charge in [0.1, 0.15) is 5.82 Å². The third-order valence-corrected chi connectivity index (χ3v) is 3.65. The average molecular weight is 275 g/mol. The smallest absolute Gasteiger partial charge is 0.130 e. The fraction of sp³-hybridized carbons (Fsp3) is 0.200. The van der Waals surface area contributed by atoms with Crippen LogP contribution in [0.2, 0.25) is 0 Å². The number of fused-ring (bicyclic) bond motifs is 1. The maximum absolute atomic E-state index is 13.5. The van der Waals surface area contributed by atoms with Crippen molar-refractivity contribution in [2.45, 2.75) is 11.9 Å². The van der Waals surface area contributed by atoms with Crippen molar-refractivity contribution in [3.8, 4) is 0 Å². The van der Waals surface area contributed by atoms with Crippen molar-refractivity contribution in [3.63, 3.8) is 0 Å². The van der Waals surface area contributed by atoms with Gasteiger partial charge in [-0.2, -0.15) is 0 Å². The summed E-state index contributed by atoms with van der Waals surface area (Å²) in [5.74, 6) is -0.322. The number of halogens is 2. The first-order valence-electron chi connectivity index (χ1n) is 4.12. The van der Waals surface area contributed by atoms with Crippen molar-refractivity contribution in [2.24, 2.45) is 0 Å². The monoisotopic (exact) mass is 274 g/mol. The van der Waals surface area contributed by atoms with Crippen LogP contribution < -0.4 is 0 Å². The summed E-state index contributed by atoms with van der Waals surface area (Å²) in [5, 5.41) is 12.6. The van der Waals surface area contributed by atoms with Crippen LogP contribution in [0.3, 0.4) is 0 Å². The van der Waals surface area contributed by atoms with E-state index in [1.807, 2.05) is 11.4 Å². The van der Waals surface area contributed by atoms with Gasteiger partial charge < -0.3 is 5.11 Å². The van der Waals surface area contributed by atoms with E-state index in [2.05, 4.69) is 15.9 Å². The van der Waals surface area contributed by atoms with E-state index >= 15 is 0 Å². The molecule has 74 valence electrons. The maximum atomic E-state index is 13.5. The van der Waals surface area contributed by atoms with E-state index in [0.717, 1.165) is 15.6 Å². The molecular formula is C10H8BrFOS. The van der Waals surface area contributed by atoms with Crippen LogP contribution in [0.15, 0.2) is 17.5 Å². The summed E-state index contributed by atoms with van der Waals surface area (Å²) < 4.78 is 14.4. The number of benzene rings is 1. The minimum Gasteiger partial charge on any atom is -0.392 e. The molecule has 0 aliphatic rings. The van der Waals surface area contributed by atoms with Crippen molar-refractivity contribution in [2.75, 3.05) is 0 Å². The van der Waals surface area contributed by atoms with Crippen LogP contribution >= 0.6 is 27.3 Å². The zero-order valence-corrected chi connectivity index (χ0v) is 9.66. The molecule has 4 heteroatoms. The zero-order chi connectivity index (χ0) is 10.1. The number of hydrogen-bond donors (Lipinski definition) is 1. The Kier molecular flexibility index (Phi) is 2.85. The van der Waals surface area contributed by atoms with Gasteiger partial charge in [-0.15, -0.1) is 11.3 Å². The average Bonchev–Trinajstić information content (AvgIpc) is 2.62. The Bertz CT molecular complexity index is 466. The normalized spacial score (nSPS) is 11.1. The fourth-order valence-corrected chi connectivity index (χ4v) is 3.00.